The molecule has 0 saturated carbocycles. The summed E-state index contributed by atoms with van der Waals surface area (Å²) in [6, 6.07) is 19.3. The predicted octanol–water partition coefficient (Wildman–Crippen LogP) is 3.58. The van der Waals surface area contributed by atoms with Gasteiger partial charge in [-0.2, -0.15) is 0 Å². The van der Waals surface area contributed by atoms with Crippen LogP contribution >= 0.6 is 0 Å². The van der Waals surface area contributed by atoms with Gasteiger partial charge in [-0.05, 0) is 23.9 Å². The van der Waals surface area contributed by atoms with Gasteiger partial charge in [0, 0.05) is 30.2 Å². The summed E-state index contributed by atoms with van der Waals surface area (Å²) >= 11 is 0. The summed E-state index contributed by atoms with van der Waals surface area (Å²) in [5, 5.41) is 2.67. The highest BCUT2D eigenvalue weighted by Crippen LogP contribution is 2.24. The van der Waals surface area contributed by atoms with Crippen molar-refractivity contribution < 1.29 is 0 Å². The van der Waals surface area contributed by atoms with Crippen molar-refractivity contribution in [3.8, 4) is 0 Å². The van der Waals surface area contributed by atoms with Crippen molar-refractivity contribution in [2.75, 3.05) is 6.54 Å². The zero-order valence-corrected chi connectivity index (χ0v) is 11.6. The van der Waals surface area contributed by atoms with Crippen LogP contribution in [0.5, 0.6) is 0 Å². The third-order valence-electron chi connectivity index (χ3n) is 3.73. The number of fused-ring (bicyclic) bond motifs is 1. The van der Waals surface area contributed by atoms with Gasteiger partial charge in [0.25, 0.3) is 0 Å². The van der Waals surface area contributed by atoms with Crippen molar-refractivity contribution in [3.63, 3.8) is 0 Å². The van der Waals surface area contributed by atoms with Crippen LogP contribution in [0.25, 0.3) is 10.8 Å². The summed E-state index contributed by atoms with van der Waals surface area (Å²) in [6.45, 7) is 1.73. The Kier molecular flexibility index (Phi) is 3.84. The number of rotatable bonds is 5. The Balaban J connectivity index is 2.01. The first-order valence-corrected chi connectivity index (χ1v) is 7.19. The van der Waals surface area contributed by atoms with Crippen LogP contribution in [0.3, 0.4) is 0 Å². The number of nitrogens with two attached hydrogens (primary N) is 1. The average Bonchev–Trinajstić information content (AvgIpc) is 2.84. The van der Waals surface area contributed by atoms with E-state index in [4.69, 9.17) is 5.73 Å². The molecule has 3 aromatic rings. The molecule has 0 aliphatic heterocycles. The molecule has 3 rings (SSSR count). The summed E-state index contributed by atoms with van der Waals surface area (Å²) in [4.78, 5) is 0. The van der Waals surface area contributed by atoms with Crippen LogP contribution in [0.1, 0.15) is 17.7 Å². The van der Waals surface area contributed by atoms with E-state index in [9.17, 15) is 0 Å². The third-order valence-corrected chi connectivity index (χ3v) is 3.73. The Morgan fingerprint density at radius 3 is 2.45 bits per heavy atom. The molecule has 2 aromatic carbocycles. The molecule has 0 spiro atoms. The Labute approximate surface area is 119 Å². The number of hydrogen-bond donors (Lipinski definition) is 1. The van der Waals surface area contributed by atoms with Crippen LogP contribution in [0.2, 0.25) is 0 Å². The van der Waals surface area contributed by atoms with E-state index >= 15 is 0 Å². The minimum absolute atomic E-state index is 0.735. The lowest BCUT2D eigenvalue weighted by atomic mass is 10.1. The second kappa shape index (κ2) is 5.93. The van der Waals surface area contributed by atoms with Gasteiger partial charge in [0.05, 0.1) is 0 Å². The van der Waals surface area contributed by atoms with Gasteiger partial charge in [0.1, 0.15) is 0 Å². The topological polar surface area (TPSA) is 30.9 Å². The fraction of sp³-hybridized carbons (Fsp3) is 0.222. The van der Waals surface area contributed by atoms with Crippen LogP contribution in [0.15, 0.2) is 60.8 Å². The van der Waals surface area contributed by atoms with Gasteiger partial charge in [-0.15, -0.1) is 0 Å². The van der Waals surface area contributed by atoms with E-state index in [1.807, 2.05) is 0 Å². The van der Waals surface area contributed by atoms with Crippen molar-refractivity contribution in [2.24, 2.45) is 5.73 Å². The van der Waals surface area contributed by atoms with Crippen LogP contribution in [-0.2, 0) is 13.0 Å². The molecule has 0 aliphatic rings. The van der Waals surface area contributed by atoms with Gasteiger partial charge >= 0.3 is 0 Å². The number of nitrogens with zero attached hydrogens (tertiary/aromatic N) is 1. The molecule has 0 amide bonds. The standard InChI is InChI=1S/C18H20N2/c19-11-6-12-20-14-16-9-4-5-10-17(16)18(20)13-15-7-2-1-3-8-15/h1-5,7-10,14H,6,11-13,19H2. The van der Waals surface area contributed by atoms with Crippen molar-refractivity contribution in [2.45, 2.75) is 19.4 Å². The largest absolute Gasteiger partial charge is 0.350 e. The molecule has 0 fully saturated rings. The van der Waals surface area contributed by atoms with Crippen molar-refractivity contribution in [1.29, 1.82) is 0 Å². The number of aromatic nitrogens is 1. The van der Waals surface area contributed by atoms with Crippen LogP contribution in [-0.4, -0.2) is 11.1 Å². The van der Waals surface area contributed by atoms with E-state index in [2.05, 4.69) is 65.4 Å². The second-order valence-corrected chi connectivity index (χ2v) is 5.16. The Hall–Kier alpha value is -2.06. The van der Waals surface area contributed by atoms with Crippen LogP contribution < -0.4 is 5.73 Å². The molecule has 2 nitrogen and oxygen atoms in total. The van der Waals surface area contributed by atoms with E-state index in [1.165, 1.54) is 22.0 Å². The molecule has 0 radical (unpaired) electrons. The maximum absolute atomic E-state index is 5.66. The minimum Gasteiger partial charge on any atom is -0.350 e. The van der Waals surface area contributed by atoms with E-state index in [1.54, 1.807) is 0 Å². The highest BCUT2D eigenvalue weighted by atomic mass is 15.0. The van der Waals surface area contributed by atoms with Gasteiger partial charge in [0.15, 0.2) is 0 Å². The average molecular weight is 264 g/mol. The first kappa shape index (κ1) is 12.9. The number of benzene rings is 2. The first-order valence-electron chi connectivity index (χ1n) is 7.19. The molecule has 2 heteroatoms. The first-order chi connectivity index (χ1) is 9.88. The molecule has 0 unspecified atom stereocenters. The normalized spacial score (nSPS) is 11.1. The number of hydrogen-bond acceptors (Lipinski definition) is 1. The molecular formula is C18H20N2. The van der Waals surface area contributed by atoms with E-state index in [0.717, 1.165) is 25.9 Å². The van der Waals surface area contributed by atoms with E-state index < -0.39 is 0 Å². The molecule has 102 valence electrons. The zero-order chi connectivity index (χ0) is 13.8. The monoisotopic (exact) mass is 264 g/mol. The van der Waals surface area contributed by atoms with Gasteiger partial charge in [0.2, 0.25) is 0 Å². The van der Waals surface area contributed by atoms with Crippen molar-refractivity contribution in [3.05, 3.63) is 72.1 Å². The number of aryl methyl sites for hydroxylation is 1. The molecule has 1 aromatic heterocycles. The molecule has 1 heterocycles. The molecular weight excluding hydrogens is 244 g/mol. The highest BCUT2D eigenvalue weighted by molar-refractivity contribution is 5.85. The second-order valence-electron chi connectivity index (χ2n) is 5.16. The molecule has 0 saturated heterocycles. The maximum atomic E-state index is 5.66. The fourth-order valence-corrected chi connectivity index (χ4v) is 2.72. The lowest BCUT2D eigenvalue weighted by Gasteiger charge is -2.09. The van der Waals surface area contributed by atoms with Gasteiger partial charge in [-0.1, -0.05) is 54.6 Å². The van der Waals surface area contributed by atoms with Gasteiger partial charge in [-0.25, -0.2) is 0 Å². The van der Waals surface area contributed by atoms with Gasteiger partial charge < -0.3 is 10.3 Å². The lowest BCUT2D eigenvalue weighted by molar-refractivity contribution is 0.635. The summed E-state index contributed by atoms with van der Waals surface area (Å²) in [6.07, 6.45) is 4.24. The molecule has 0 atom stereocenters. The summed E-state index contributed by atoms with van der Waals surface area (Å²) in [7, 11) is 0. The molecule has 20 heavy (non-hydrogen) atoms. The smallest absolute Gasteiger partial charge is 0.0297 e. The van der Waals surface area contributed by atoms with Crippen molar-refractivity contribution >= 4 is 10.8 Å². The highest BCUT2D eigenvalue weighted by Gasteiger charge is 2.09. The van der Waals surface area contributed by atoms with E-state index in [0.29, 0.717) is 0 Å². The SMILES string of the molecule is NCCCn1cc2ccccc2c1Cc1ccccc1. The summed E-state index contributed by atoms with van der Waals surface area (Å²) < 4.78 is 2.37. The van der Waals surface area contributed by atoms with E-state index in [-0.39, 0.29) is 0 Å². The molecule has 2 N–H and O–H groups in total. The Morgan fingerprint density at radius 1 is 0.900 bits per heavy atom. The van der Waals surface area contributed by atoms with Crippen LogP contribution in [0.4, 0.5) is 0 Å². The fourth-order valence-electron chi connectivity index (χ4n) is 2.72. The quantitative estimate of drug-likeness (QED) is 0.750. The Morgan fingerprint density at radius 2 is 1.65 bits per heavy atom. The molecule has 0 aliphatic carbocycles. The summed E-state index contributed by atoms with van der Waals surface area (Å²) in [5.41, 5.74) is 8.40. The van der Waals surface area contributed by atoms with Crippen LogP contribution in [0, 0.1) is 0 Å². The Bertz CT molecular complexity index is 683. The van der Waals surface area contributed by atoms with Gasteiger partial charge in [-0.3, -0.25) is 0 Å². The minimum atomic E-state index is 0.735. The molecule has 0 bridgehead atoms. The maximum Gasteiger partial charge on any atom is 0.0297 e. The van der Waals surface area contributed by atoms with Crippen molar-refractivity contribution in [1.82, 2.24) is 4.57 Å². The summed E-state index contributed by atoms with van der Waals surface area (Å²) in [5.74, 6) is 0. The third kappa shape index (κ3) is 2.61. The predicted molar refractivity (Wildman–Crippen MR) is 84.9 cm³/mol. The lowest BCUT2D eigenvalue weighted by Crippen LogP contribution is -2.08. The zero-order valence-electron chi connectivity index (χ0n) is 11.6.